The summed E-state index contributed by atoms with van der Waals surface area (Å²) in [7, 11) is 1.63. The van der Waals surface area contributed by atoms with Gasteiger partial charge < -0.3 is 14.2 Å². The van der Waals surface area contributed by atoms with Gasteiger partial charge in [0.15, 0.2) is 0 Å². The van der Waals surface area contributed by atoms with E-state index in [1.807, 2.05) is 48.5 Å². The molecule has 0 N–H and O–H groups in total. The van der Waals surface area contributed by atoms with E-state index in [4.69, 9.17) is 14.2 Å². The Kier molecular flexibility index (Phi) is 4.32. The number of nitrogens with zero attached hydrogens (tertiary/aromatic N) is 1. The highest BCUT2D eigenvalue weighted by molar-refractivity contribution is 5.92. The zero-order valence-corrected chi connectivity index (χ0v) is 14.2. The van der Waals surface area contributed by atoms with Crippen molar-refractivity contribution in [1.29, 1.82) is 0 Å². The zero-order chi connectivity index (χ0) is 17.2. The van der Waals surface area contributed by atoms with Crippen molar-refractivity contribution in [2.75, 3.05) is 18.6 Å². The van der Waals surface area contributed by atoms with Gasteiger partial charge in [-0.2, -0.15) is 0 Å². The molecule has 0 saturated carbocycles. The first-order chi connectivity index (χ1) is 12.3. The molecular formula is C20H21NO4. The van der Waals surface area contributed by atoms with Crippen LogP contribution in [0.5, 0.6) is 5.75 Å². The van der Waals surface area contributed by atoms with Crippen LogP contribution in [0.1, 0.15) is 17.5 Å². The summed E-state index contributed by atoms with van der Waals surface area (Å²) < 4.78 is 16.6. The van der Waals surface area contributed by atoms with Crippen LogP contribution in [0.2, 0.25) is 0 Å². The van der Waals surface area contributed by atoms with Gasteiger partial charge in [-0.3, -0.25) is 4.90 Å². The monoisotopic (exact) mass is 339 g/mol. The van der Waals surface area contributed by atoms with Crippen LogP contribution in [-0.4, -0.2) is 32.0 Å². The van der Waals surface area contributed by atoms with E-state index in [2.05, 4.69) is 0 Å². The van der Waals surface area contributed by atoms with E-state index in [1.54, 1.807) is 12.0 Å². The largest absolute Gasteiger partial charge is 0.489 e. The smallest absolute Gasteiger partial charge is 0.415 e. The van der Waals surface area contributed by atoms with Gasteiger partial charge in [-0.05, 0) is 42.2 Å². The highest BCUT2D eigenvalue weighted by atomic mass is 16.6. The number of amides is 1. The first-order valence-electron chi connectivity index (χ1n) is 8.54. The van der Waals surface area contributed by atoms with E-state index in [9.17, 15) is 4.79 Å². The van der Waals surface area contributed by atoms with Gasteiger partial charge in [-0.25, -0.2) is 4.79 Å². The van der Waals surface area contributed by atoms with Crippen LogP contribution in [0, 0.1) is 0 Å². The van der Waals surface area contributed by atoms with Crippen LogP contribution < -0.4 is 9.64 Å². The Bertz CT molecular complexity index is 762. The fourth-order valence-corrected chi connectivity index (χ4v) is 3.60. The lowest BCUT2D eigenvalue weighted by Gasteiger charge is -2.31. The standard InChI is InChI=1S/C20H21NO4/c1-23-13-19-18-9-7-15-11-16(24-12-14-5-3-2-4-6-14)8-10-17(15)21(18)20(22)25-19/h2-6,8,10-11,18-19H,7,9,12-13H2,1H3/t18-,19-/m1/s1. The van der Waals surface area contributed by atoms with Crippen LogP contribution in [-0.2, 0) is 22.5 Å². The summed E-state index contributed by atoms with van der Waals surface area (Å²) in [6.45, 7) is 0.963. The number of hydrogen-bond donors (Lipinski definition) is 0. The van der Waals surface area contributed by atoms with Crippen molar-refractivity contribution in [3.8, 4) is 5.75 Å². The summed E-state index contributed by atoms with van der Waals surface area (Å²) >= 11 is 0. The Balaban J connectivity index is 1.51. The average molecular weight is 339 g/mol. The molecule has 5 heteroatoms. The Morgan fingerprint density at radius 2 is 2.04 bits per heavy atom. The highest BCUT2D eigenvalue weighted by Gasteiger charge is 2.45. The van der Waals surface area contributed by atoms with Crippen molar-refractivity contribution in [3.05, 3.63) is 59.7 Å². The SMILES string of the molecule is COC[C@H]1OC(=O)N2c3ccc(OCc4ccccc4)cc3CC[C@H]12. The maximum Gasteiger partial charge on any atom is 0.415 e. The number of carbonyl (C=O) groups is 1. The maximum absolute atomic E-state index is 12.3. The molecule has 0 bridgehead atoms. The van der Waals surface area contributed by atoms with Gasteiger partial charge in [-0.15, -0.1) is 0 Å². The molecule has 5 nitrogen and oxygen atoms in total. The summed E-state index contributed by atoms with van der Waals surface area (Å²) in [6.07, 6.45) is 1.29. The second-order valence-electron chi connectivity index (χ2n) is 6.42. The van der Waals surface area contributed by atoms with Gasteiger partial charge in [0, 0.05) is 7.11 Å². The summed E-state index contributed by atoms with van der Waals surface area (Å²) in [5.74, 6) is 0.821. The van der Waals surface area contributed by atoms with E-state index in [1.165, 1.54) is 0 Å². The number of fused-ring (bicyclic) bond motifs is 3. The number of methoxy groups -OCH3 is 1. The third-order valence-corrected chi connectivity index (χ3v) is 4.81. The van der Waals surface area contributed by atoms with Crippen LogP contribution in [0.4, 0.5) is 10.5 Å². The van der Waals surface area contributed by atoms with E-state index in [-0.39, 0.29) is 18.2 Å². The minimum atomic E-state index is -0.286. The molecular weight excluding hydrogens is 318 g/mol. The number of rotatable bonds is 5. The molecule has 2 atom stereocenters. The molecule has 2 aromatic carbocycles. The number of aryl methyl sites for hydroxylation is 1. The number of benzene rings is 2. The average Bonchev–Trinajstić information content (AvgIpc) is 2.97. The van der Waals surface area contributed by atoms with Crippen molar-refractivity contribution >= 4 is 11.8 Å². The molecule has 2 aliphatic rings. The summed E-state index contributed by atoms with van der Waals surface area (Å²) in [5.41, 5.74) is 3.18. The Hall–Kier alpha value is -2.53. The summed E-state index contributed by atoms with van der Waals surface area (Å²) in [5, 5.41) is 0. The lowest BCUT2D eigenvalue weighted by atomic mass is 9.94. The predicted octanol–water partition coefficient (Wildman–Crippen LogP) is 3.55. The van der Waals surface area contributed by atoms with Gasteiger partial charge in [-0.1, -0.05) is 30.3 Å². The quantitative estimate of drug-likeness (QED) is 0.836. The lowest BCUT2D eigenvalue weighted by Crippen LogP contribution is -2.41. The third-order valence-electron chi connectivity index (χ3n) is 4.81. The molecule has 0 radical (unpaired) electrons. The first kappa shape index (κ1) is 16.0. The molecule has 130 valence electrons. The van der Waals surface area contributed by atoms with Crippen molar-refractivity contribution in [3.63, 3.8) is 0 Å². The molecule has 1 amide bonds. The molecule has 4 rings (SSSR count). The Labute approximate surface area is 147 Å². The Morgan fingerprint density at radius 3 is 2.84 bits per heavy atom. The summed E-state index contributed by atoms with van der Waals surface area (Å²) in [4.78, 5) is 14.0. The van der Waals surface area contributed by atoms with Gasteiger partial charge in [0.05, 0.1) is 18.3 Å². The van der Waals surface area contributed by atoms with Crippen molar-refractivity contribution < 1.29 is 19.0 Å². The van der Waals surface area contributed by atoms with Crippen LogP contribution in [0.3, 0.4) is 0 Å². The van der Waals surface area contributed by atoms with Gasteiger partial charge in [0.25, 0.3) is 0 Å². The molecule has 2 aliphatic heterocycles. The van der Waals surface area contributed by atoms with Crippen LogP contribution in [0.15, 0.2) is 48.5 Å². The van der Waals surface area contributed by atoms with Crippen LogP contribution >= 0.6 is 0 Å². The molecule has 1 fully saturated rings. The highest BCUT2D eigenvalue weighted by Crippen LogP contribution is 2.38. The molecule has 0 spiro atoms. The zero-order valence-electron chi connectivity index (χ0n) is 14.2. The summed E-state index contributed by atoms with van der Waals surface area (Å²) in [6, 6.07) is 16.0. The van der Waals surface area contributed by atoms with E-state index < -0.39 is 0 Å². The number of carbonyl (C=O) groups excluding carboxylic acids is 1. The lowest BCUT2D eigenvalue weighted by molar-refractivity contribution is 0.0580. The molecule has 2 heterocycles. The van der Waals surface area contributed by atoms with E-state index in [0.29, 0.717) is 13.2 Å². The molecule has 2 aromatic rings. The molecule has 0 aliphatic carbocycles. The molecule has 0 unspecified atom stereocenters. The topological polar surface area (TPSA) is 48.0 Å². The number of hydrogen-bond acceptors (Lipinski definition) is 4. The second kappa shape index (κ2) is 6.76. The van der Waals surface area contributed by atoms with Crippen molar-refractivity contribution in [2.45, 2.75) is 31.6 Å². The number of anilines is 1. The fraction of sp³-hybridized carbons (Fsp3) is 0.350. The van der Waals surface area contributed by atoms with Crippen LogP contribution in [0.25, 0.3) is 0 Å². The van der Waals surface area contributed by atoms with Gasteiger partial charge in [0.1, 0.15) is 18.5 Å². The van der Waals surface area contributed by atoms with E-state index >= 15 is 0 Å². The maximum atomic E-state index is 12.3. The number of ether oxygens (including phenoxy) is 3. The van der Waals surface area contributed by atoms with Crippen molar-refractivity contribution in [1.82, 2.24) is 0 Å². The molecule has 0 aromatic heterocycles. The van der Waals surface area contributed by atoms with Gasteiger partial charge >= 0.3 is 6.09 Å². The van der Waals surface area contributed by atoms with Crippen molar-refractivity contribution in [2.24, 2.45) is 0 Å². The molecule has 1 saturated heterocycles. The normalized spacial score (nSPS) is 21.5. The predicted molar refractivity (Wildman–Crippen MR) is 93.9 cm³/mol. The number of cyclic esters (lactones) is 1. The third kappa shape index (κ3) is 3.07. The fourth-order valence-electron chi connectivity index (χ4n) is 3.60. The minimum absolute atomic E-state index is 0.0519. The first-order valence-corrected chi connectivity index (χ1v) is 8.54. The van der Waals surface area contributed by atoms with Gasteiger partial charge in [0.2, 0.25) is 0 Å². The van der Waals surface area contributed by atoms with E-state index in [0.717, 1.165) is 35.4 Å². The Morgan fingerprint density at radius 1 is 1.20 bits per heavy atom. The minimum Gasteiger partial charge on any atom is -0.489 e. The second-order valence-corrected chi connectivity index (χ2v) is 6.42. The molecule has 25 heavy (non-hydrogen) atoms.